The molecule has 0 atom stereocenters. The van der Waals surface area contributed by atoms with Gasteiger partial charge in [-0.25, -0.2) is 4.98 Å². The van der Waals surface area contributed by atoms with Gasteiger partial charge in [-0.3, -0.25) is 0 Å². The van der Waals surface area contributed by atoms with Crippen LogP contribution >= 0.6 is 11.6 Å². The van der Waals surface area contributed by atoms with Gasteiger partial charge in [-0.05, 0) is 24.3 Å². The maximum absolute atomic E-state index is 9.59. The van der Waals surface area contributed by atoms with Gasteiger partial charge in [0.2, 0.25) is 0 Å². The monoisotopic (exact) mass is 250 g/mol. The summed E-state index contributed by atoms with van der Waals surface area (Å²) in [6.07, 6.45) is 1.60. The van der Waals surface area contributed by atoms with Crippen molar-refractivity contribution >= 4 is 17.3 Å². The largest absolute Gasteiger partial charge is 0.508 e. The minimum absolute atomic E-state index is 0.0330. The maximum Gasteiger partial charge on any atom is 0.152 e. The van der Waals surface area contributed by atoms with E-state index < -0.39 is 0 Å². The number of nitrogens with one attached hydrogen (secondary N) is 1. The Labute approximate surface area is 104 Å². The predicted molar refractivity (Wildman–Crippen MR) is 66.3 cm³/mol. The van der Waals surface area contributed by atoms with E-state index in [0.29, 0.717) is 22.9 Å². The van der Waals surface area contributed by atoms with Crippen molar-refractivity contribution in [2.45, 2.75) is 6.54 Å². The lowest BCUT2D eigenvalue weighted by Gasteiger charge is -2.09. The van der Waals surface area contributed by atoms with Crippen molar-refractivity contribution in [1.82, 2.24) is 4.98 Å². The van der Waals surface area contributed by atoms with Crippen LogP contribution in [0.5, 0.6) is 11.5 Å². The van der Waals surface area contributed by atoms with E-state index in [1.807, 2.05) is 0 Å². The van der Waals surface area contributed by atoms with Gasteiger partial charge in [0.05, 0.1) is 5.69 Å². The molecule has 0 radical (unpaired) electrons. The van der Waals surface area contributed by atoms with Gasteiger partial charge < -0.3 is 15.5 Å². The third-order valence-electron chi connectivity index (χ3n) is 2.30. The number of aromatic nitrogens is 1. The normalized spacial score (nSPS) is 10.2. The molecule has 5 heteroatoms. The van der Waals surface area contributed by atoms with E-state index in [0.717, 1.165) is 0 Å². The molecule has 0 aliphatic heterocycles. The lowest BCUT2D eigenvalue weighted by atomic mass is 10.2. The number of halogens is 1. The first-order valence-electron chi connectivity index (χ1n) is 5.02. The zero-order valence-corrected chi connectivity index (χ0v) is 9.65. The lowest BCUT2D eigenvalue weighted by Crippen LogP contribution is -2.00. The Bertz CT molecular complexity index is 532. The van der Waals surface area contributed by atoms with Crippen LogP contribution in [-0.2, 0) is 6.54 Å². The molecule has 0 aliphatic rings. The molecule has 0 fully saturated rings. The minimum atomic E-state index is 0.0330. The highest BCUT2D eigenvalue weighted by Gasteiger charge is 2.04. The van der Waals surface area contributed by atoms with Crippen molar-refractivity contribution < 1.29 is 10.2 Å². The molecule has 1 heterocycles. The lowest BCUT2D eigenvalue weighted by molar-refractivity contribution is 0.446. The number of anilines is 1. The molecule has 2 aromatic rings. The highest BCUT2D eigenvalue weighted by Crippen LogP contribution is 2.24. The van der Waals surface area contributed by atoms with Crippen LogP contribution in [0.1, 0.15) is 5.56 Å². The molecule has 17 heavy (non-hydrogen) atoms. The molecular weight excluding hydrogens is 240 g/mol. The molecule has 3 N–H and O–H groups in total. The summed E-state index contributed by atoms with van der Waals surface area (Å²) in [5, 5.41) is 22.2. The van der Waals surface area contributed by atoms with E-state index in [2.05, 4.69) is 10.3 Å². The standard InChI is InChI=1S/C12H11ClN2O2/c13-12-10(2-1-5-14-12)15-7-8-3-4-9(16)6-11(8)17/h1-6,15-17H,7H2. The summed E-state index contributed by atoms with van der Waals surface area (Å²) in [4.78, 5) is 3.93. The molecule has 4 nitrogen and oxygen atoms in total. The summed E-state index contributed by atoms with van der Waals surface area (Å²) in [5.41, 5.74) is 1.37. The third-order valence-corrected chi connectivity index (χ3v) is 2.60. The number of hydrogen-bond acceptors (Lipinski definition) is 4. The summed E-state index contributed by atoms with van der Waals surface area (Å²) in [6, 6.07) is 8.02. The van der Waals surface area contributed by atoms with Crippen LogP contribution in [0, 0.1) is 0 Å². The number of phenolic OH excluding ortho intramolecular Hbond substituents is 2. The van der Waals surface area contributed by atoms with Gasteiger partial charge in [0.1, 0.15) is 11.5 Å². The van der Waals surface area contributed by atoms with Crippen molar-refractivity contribution in [2.24, 2.45) is 0 Å². The van der Waals surface area contributed by atoms with Crippen LogP contribution in [0.4, 0.5) is 5.69 Å². The summed E-state index contributed by atoms with van der Waals surface area (Å²) in [6.45, 7) is 0.400. The SMILES string of the molecule is Oc1ccc(CNc2cccnc2Cl)c(O)c1. The number of rotatable bonds is 3. The summed E-state index contributed by atoms with van der Waals surface area (Å²) in [7, 11) is 0. The van der Waals surface area contributed by atoms with Crippen LogP contribution in [0.2, 0.25) is 5.15 Å². The molecule has 0 spiro atoms. The second-order valence-electron chi connectivity index (χ2n) is 3.51. The first-order valence-corrected chi connectivity index (χ1v) is 5.40. The minimum Gasteiger partial charge on any atom is -0.508 e. The van der Waals surface area contributed by atoms with E-state index in [4.69, 9.17) is 16.7 Å². The molecule has 0 amide bonds. The Morgan fingerprint density at radius 1 is 1.24 bits per heavy atom. The van der Waals surface area contributed by atoms with Gasteiger partial charge in [0, 0.05) is 24.4 Å². The molecule has 0 saturated heterocycles. The first kappa shape index (κ1) is 11.5. The predicted octanol–water partition coefficient (Wildman–Crippen LogP) is 2.76. The average Bonchev–Trinajstić information content (AvgIpc) is 2.30. The summed E-state index contributed by atoms with van der Waals surface area (Å²) >= 11 is 5.88. The second-order valence-corrected chi connectivity index (χ2v) is 3.87. The van der Waals surface area contributed by atoms with Gasteiger partial charge in [-0.15, -0.1) is 0 Å². The molecule has 0 saturated carbocycles. The van der Waals surface area contributed by atoms with E-state index in [-0.39, 0.29) is 11.5 Å². The quantitative estimate of drug-likeness (QED) is 0.733. The Hall–Kier alpha value is -1.94. The Morgan fingerprint density at radius 2 is 2.06 bits per heavy atom. The summed E-state index contributed by atoms with van der Waals surface area (Å²) in [5.74, 6) is 0.0724. The van der Waals surface area contributed by atoms with Gasteiger partial charge in [0.15, 0.2) is 5.15 Å². The van der Waals surface area contributed by atoms with Crippen molar-refractivity contribution in [1.29, 1.82) is 0 Å². The highest BCUT2D eigenvalue weighted by molar-refractivity contribution is 6.31. The Balaban J connectivity index is 2.10. The number of phenols is 2. The second kappa shape index (κ2) is 4.93. The number of benzene rings is 1. The van der Waals surface area contributed by atoms with Crippen molar-refractivity contribution in [3.63, 3.8) is 0 Å². The third kappa shape index (κ3) is 2.79. The van der Waals surface area contributed by atoms with Gasteiger partial charge >= 0.3 is 0 Å². The molecule has 0 aliphatic carbocycles. The van der Waals surface area contributed by atoms with Crippen LogP contribution in [0.15, 0.2) is 36.5 Å². The number of hydrogen-bond donors (Lipinski definition) is 3. The van der Waals surface area contributed by atoms with Crippen molar-refractivity contribution in [2.75, 3.05) is 5.32 Å². The van der Waals surface area contributed by atoms with Crippen LogP contribution in [-0.4, -0.2) is 15.2 Å². The number of nitrogens with zero attached hydrogens (tertiary/aromatic N) is 1. The molecule has 2 rings (SSSR count). The first-order chi connectivity index (χ1) is 8.16. The maximum atomic E-state index is 9.59. The molecule has 88 valence electrons. The summed E-state index contributed by atoms with van der Waals surface area (Å²) < 4.78 is 0. The number of pyridine rings is 1. The molecule has 0 bridgehead atoms. The van der Waals surface area contributed by atoms with Crippen molar-refractivity contribution in [3.05, 3.63) is 47.2 Å². The fraction of sp³-hybridized carbons (Fsp3) is 0.0833. The van der Waals surface area contributed by atoms with Gasteiger partial charge in [-0.2, -0.15) is 0 Å². The molecule has 0 unspecified atom stereocenters. The smallest absolute Gasteiger partial charge is 0.152 e. The zero-order chi connectivity index (χ0) is 12.3. The van der Waals surface area contributed by atoms with E-state index in [9.17, 15) is 5.11 Å². The van der Waals surface area contributed by atoms with Crippen LogP contribution in [0.25, 0.3) is 0 Å². The molecule has 1 aromatic carbocycles. The average molecular weight is 251 g/mol. The highest BCUT2D eigenvalue weighted by atomic mass is 35.5. The Morgan fingerprint density at radius 3 is 2.76 bits per heavy atom. The van der Waals surface area contributed by atoms with Crippen LogP contribution in [0.3, 0.4) is 0 Å². The van der Waals surface area contributed by atoms with Gasteiger partial charge in [0.25, 0.3) is 0 Å². The van der Waals surface area contributed by atoms with E-state index in [1.54, 1.807) is 24.4 Å². The fourth-order valence-corrected chi connectivity index (χ4v) is 1.60. The Kier molecular flexibility index (Phi) is 3.35. The van der Waals surface area contributed by atoms with Crippen LogP contribution < -0.4 is 5.32 Å². The van der Waals surface area contributed by atoms with Crippen molar-refractivity contribution in [3.8, 4) is 11.5 Å². The molecular formula is C12H11ClN2O2. The topological polar surface area (TPSA) is 65.4 Å². The van der Waals surface area contributed by atoms with Gasteiger partial charge in [-0.1, -0.05) is 11.6 Å². The zero-order valence-electron chi connectivity index (χ0n) is 8.89. The number of aromatic hydroxyl groups is 2. The van der Waals surface area contributed by atoms with E-state index in [1.165, 1.54) is 12.1 Å². The van der Waals surface area contributed by atoms with E-state index >= 15 is 0 Å². The fourth-order valence-electron chi connectivity index (χ4n) is 1.41. The molecule has 1 aromatic heterocycles.